The first kappa shape index (κ1) is 9.50. The average molecular weight is 246 g/mol. The molecule has 1 saturated carbocycles. The summed E-state index contributed by atoms with van der Waals surface area (Å²) in [7, 11) is 0. The molecule has 1 amide bonds. The zero-order valence-electron chi connectivity index (χ0n) is 8.00. The third-order valence-corrected chi connectivity index (χ3v) is 4.01. The highest BCUT2D eigenvalue weighted by Gasteiger charge is 2.40. The Kier molecular flexibility index (Phi) is 2.63. The molecule has 1 aliphatic carbocycles. The lowest BCUT2D eigenvalue weighted by Gasteiger charge is -2.26. The molecular formula is C10H16BrNO. The SMILES string of the molecule is CCC(C1CC1)N1CCC(Br)C1=O. The molecule has 0 N–H and O–H groups in total. The first-order chi connectivity index (χ1) is 6.24. The van der Waals surface area contributed by atoms with Gasteiger partial charge in [-0.3, -0.25) is 4.79 Å². The van der Waals surface area contributed by atoms with Crippen molar-refractivity contribution in [2.45, 2.75) is 43.5 Å². The summed E-state index contributed by atoms with van der Waals surface area (Å²) in [4.78, 5) is 13.9. The molecule has 2 unspecified atom stereocenters. The number of rotatable bonds is 3. The van der Waals surface area contributed by atoms with Crippen molar-refractivity contribution in [3.63, 3.8) is 0 Å². The van der Waals surface area contributed by atoms with Crippen LogP contribution in [0.25, 0.3) is 0 Å². The van der Waals surface area contributed by atoms with Gasteiger partial charge >= 0.3 is 0 Å². The minimum Gasteiger partial charge on any atom is -0.338 e. The van der Waals surface area contributed by atoms with Gasteiger partial charge in [0.2, 0.25) is 5.91 Å². The number of carbonyl (C=O) groups is 1. The third-order valence-electron chi connectivity index (χ3n) is 3.16. The van der Waals surface area contributed by atoms with E-state index in [1.54, 1.807) is 0 Å². The number of hydrogen-bond acceptors (Lipinski definition) is 1. The van der Waals surface area contributed by atoms with Crippen molar-refractivity contribution in [2.75, 3.05) is 6.54 Å². The molecule has 0 aromatic rings. The molecule has 0 radical (unpaired) electrons. The maximum absolute atomic E-state index is 11.7. The van der Waals surface area contributed by atoms with Crippen LogP contribution in [-0.4, -0.2) is 28.2 Å². The highest BCUT2D eigenvalue weighted by atomic mass is 79.9. The first-order valence-electron chi connectivity index (χ1n) is 5.18. The number of nitrogens with zero attached hydrogens (tertiary/aromatic N) is 1. The fourth-order valence-electron chi connectivity index (χ4n) is 2.28. The quantitative estimate of drug-likeness (QED) is 0.699. The van der Waals surface area contributed by atoms with Crippen LogP contribution in [0.3, 0.4) is 0 Å². The molecule has 0 aromatic heterocycles. The van der Waals surface area contributed by atoms with Gasteiger partial charge < -0.3 is 4.90 Å². The number of hydrogen-bond donors (Lipinski definition) is 0. The molecule has 3 heteroatoms. The Labute approximate surface area is 87.8 Å². The predicted octanol–water partition coefficient (Wildman–Crippen LogP) is 2.17. The van der Waals surface area contributed by atoms with Gasteiger partial charge in [-0.15, -0.1) is 0 Å². The standard InChI is InChI=1S/C10H16BrNO/c1-2-9(7-3-4-7)12-6-5-8(11)10(12)13/h7-9H,2-6H2,1H3. The molecule has 2 rings (SSSR count). The Morgan fingerprint density at radius 1 is 1.54 bits per heavy atom. The van der Waals surface area contributed by atoms with Gasteiger partial charge in [0.15, 0.2) is 0 Å². The van der Waals surface area contributed by atoms with E-state index in [4.69, 9.17) is 0 Å². The number of alkyl halides is 1. The van der Waals surface area contributed by atoms with Crippen LogP contribution in [0.2, 0.25) is 0 Å². The van der Waals surface area contributed by atoms with Crippen LogP contribution in [0, 0.1) is 5.92 Å². The summed E-state index contributed by atoms with van der Waals surface area (Å²) in [6.07, 6.45) is 4.77. The maximum atomic E-state index is 11.7. The summed E-state index contributed by atoms with van der Waals surface area (Å²) in [5.41, 5.74) is 0. The van der Waals surface area contributed by atoms with E-state index in [0.717, 1.165) is 25.3 Å². The van der Waals surface area contributed by atoms with Gasteiger partial charge in [-0.05, 0) is 31.6 Å². The van der Waals surface area contributed by atoms with Crippen LogP contribution in [0.1, 0.15) is 32.6 Å². The Morgan fingerprint density at radius 2 is 2.23 bits per heavy atom. The molecule has 74 valence electrons. The van der Waals surface area contributed by atoms with E-state index in [-0.39, 0.29) is 4.83 Å². The van der Waals surface area contributed by atoms with Crippen molar-refractivity contribution in [1.82, 2.24) is 4.90 Å². The molecule has 2 atom stereocenters. The minimum absolute atomic E-state index is 0.0975. The van der Waals surface area contributed by atoms with E-state index in [2.05, 4.69) is 27.8 Å². The molecule has 0 aromatic carbocycles. The monoisotopic (exact) mass is 245 g/mol. The molecule has 2 nitrogen and oxygen atoms in total. The van der Waals surface area contributed by atoms with Crippen molar-refractivity contribution < 1.29 is 4.79 Å². The Bertz CT molecular complexity index is 215. The largest absolute Gasteiger partial charge is 0.338 e. The number of likely N-dealkylation sites (tertiary alicyclic amines) is 1. The van der Waals surface area contributed by atoms with Crippen LogP contribution in [0.5, 0.6) is 0 Å². The summed E-state index contributed by atoms with van der Waals surface area (Å²) < 4.78 is 0. The van der Waals surface area contributed by atoms with Crippen molar-refractivity contribution in [1.29, 1.82) is 0 Å². The molecular weight excluding hydrogens is 230 g/mol. The molecule has 2 aliphatic rings. The lowest BCUT2D eigenvalue weighted by molar-refractivity contribution is -0.129. The van der Waals surface area contributed by atoms with Crippen molar-refractivity contribution in [3.05, 3.63) is 0 Å². The van der Waals surface area contributed by atoms with Crippen LogP contribution in [0.4, 0.5) is 0 Å². The Morgan fingerprint density at radius 3 is 2.62 bits per heavy atom. The van der Waals surface area contributed by atoms with E-state index >= 15 is 0 Å². The Balaban J connectivity index is 2.02. The summed E-state index contributed by atoms with van der Waals surface area (Å²) in [5.74, 6) is 1.13. The summed E-state index contributed by atoms with van der Waals surface area (Å²) in [5, 5.41) is 0. The number of carbonyl (C=O) groups excluding carboxylic acids is 1. The van der Waals surface area contributed by atoms with Crippen LogP contribution < -0.4 is 0 Å². The van der Waals surface area contributed by atoms with Gasteiger partial charge in [0.1, 0.15) is 0 Å². The molecule has 1 heterocycles. The second-order valence-electron chi connectivity index (χ2n) is 4.10. The predicted molar refractivity (Wildman–Crippen MR) is 55.8 cm³/mol. The first-order valence-corrected chi connectivity index (χ1v) is 6.10. The molecule has 1 saturated heterocycles. The fraction of sp³-hybridized carbons (Fsp3) is 0.900. The zero-order chi connectivity index (χ0) is 9.42. The summed E-state index contributed by atoms with van der Waals surface area (Å²) in [6, 6.07) is 0.537. The summed E-state index contributed by atoms with van der Waals surface area (Å²) >= 11 is 3.42. The summed E-state index contributed by atoms with van der Waals surface area (Å²) in [6.45, 7) is 3.15. The van der Waals surface area contributed by atoms with Gasteiger partial charge in [0, 0.05) is 12.6 Å². The third kappa shape index (κ3) is 1.76. The maximum Gasteiger partial charge on any atom is 0.236 e. The minimum atomic E-state index is 0.0975. The number of amides is 1. The van der Waals surface area contributed by atoms with E-state index in [0.29, 0.717) is 11.9 Å². The number of halogens is 1. The van der Waals surface area contributed by atoms with Crippen LogP contribution in [0.15, 0.2) is 0 Å². The molecule has 0 bridgehead atoms. The molecule has 2 fully saturated rings. The van der Waals surface area contributed by atoms with Crippen molar-refractivity contribution in [2.24, 2.45) is 5.92 Å². The fourth-order valence-corrected chi connectivity index (χ4v) is 2.75. The van der Waals surface area contributed by atoms with Gasteiger partial charge in [-0.2, -0.15) is 0 Å². The molecule has 0 spiro atoms. The van der Waals surface area contributed by atoms with Gasteiger partial charge in [0.25, 0.3) is 0 Å². The van der Waals surface area contributed by atoms with Crippen LogP contribution >= 0.6 is 15.9 Å². The zero-order valence-corrected chi connectivity index (χ0v) is 9.59. The molecule has 13 heavy (non-hydrogen) atoms. The smallest absolute Gasteiger partial charge is 0.236 e. The topological polar surface area (TPSA) is 20.3 Å². The second kappa shape index (κ2) is 3.60. The van der Waals surface area contributed by atoms with E-state index < -0.39 is 0 Å². The highest BCUT2D eigenvalue weighted by Crippen LogP contribution is 2.38. The molecule has 1 aliphatic heterocycles. The highest BCUT2D eigenvalue weighted by molar-refractivity contribution is 9.10. The van der Waals surface area contributed by atoms with E-state index in [1.165, 1.54) is 12.8 Å². The lowest BCUT2D eigenvalue weighted by Crippen LogP contribution is -2.38. The van der Waals surface area contributed by atoms with Crippen molar-refractivity contribution in [3.8, 4) is 0 Å². The van der Waals surface area contributed by atoms with Gasteiger partial charge in [-0.25, -0.2) is 0 Å². The normalized spacial score (nSPS) is 31.1. The van der Waals surface area contributed by atoms with Crippen LogP contribution in [-0.2, 0) is 4.79 Å². The van der Waals surface area contributed by atoms with Gasteiger partial charge in [0.05, 0.1) is 4.83 Å². The lowest BCUT2D eigenvalue weighted by atomic mass is 10.1. The van der Waals surface area contributed by atoms with E-state index in [9.17, 15) is 4.79 Å². The van der Waals surface area contributed by atoms with E-state index in [1.807, 2.05) is 0 Å². The second-order valence-corrected chi connectivity index (χ2v) is 5.21. The van der Waals surface area contributed by atoms with Crippen molar-refractivity contribution >= 4 is 21.8 Å². The average Bonchev–Trinajstić information content (AvgIpc) is 2.89. The van der Waals surface area contributed by atoms with Gasteiger partial charge in [-0.1, -0.05) is 22.9 Å². The Hall–Kier alpha value is -0.0500.